The van der Waals surface area contributed by atoms with E-state index in [-0.39, 0.29) is 5.69 Å². The van der Waals surface area contributed by atoms with Crippen molar-refractivity contribution in [3.8, 4) is 0 Å². The molecule has 0 radical (unpaired) electrons. The van der Waals surface area contributed by atoms with Crippen LogP contribution in [-0.4, -0.2) is 10.2 Å². The van der Waals surface area contributed by atoms with E-state index in [1.165, 1.54) is 12.3 Å². The van der Waals surface area contributed by atoms with Crippen LogP contribution >= 0.6 is 15.9 Å². The molecular weight excluding hydrogens is 194 g/mol. The standard InChI is InChI=1S/C4H3BrF2N2/c5-4(6,7)3-1-2-8-9-3/h1-2H,(H,8,9). The van der Waals surface area contributed by atoms with Crippen molar-refractivity contribution < 1.29 is 8.78 Å². The van der Waals surface area contributed by atoms with Crippen molar-refractivity contribution in [3.63, 3.8) is 0 Å². The van der Waals surface area contributed by atoms with Gasteiger partial charge in [0.1, 0.15) is 5.69 Å². The molecule has 1 rings (SSSR count). The molecule has 0 saturated heterocycles. The summed E-state index contributed by atoms with van der Waals surface area (Å²) in [7, 11) is 0. The van der Waals surface area contributed by atoms with E-state index >= 15 is 0 Å². The maximum absolute atomic E-state index is 12.1. The number of rotatable bonds is 1. The Morgan fingerprint density at radius 2 is 2.33 bits per heavy atom. The van der Waals surface area contributed by atoms with Gasteiger partial charge in [-0.1, -0.05) is 0 Å². The van der Waals surface area contributed by atoms with E-state index in [4.69, 9.17) is 0 Å². The molecule has 50 valence electrons. The molecule has 1 aromatic rings. The highest BCUT2D eigenvalue weighted by Gasteiger charge is 2.28. The average Bonchev–Trinajstić information content (AvgIpc) is 2.08. The van der Waals surface area contributed by atoms with Gasteiger partial charge < -0.3 is 0 Å². The lowest BCUT2D eigenvalue weighted by atomic mass is 10.5. The summed E-state index contributed by atoms with van der Waals surface area (Å²) in [6.45, 7) is 0. The zero-order valence-corrected chi connectivity index (χ0v) is 5.82. The highest BCUT2D eigenvalue weighted by Crippen LogP contribution is 2.32. The van der Waals surface area contributed by atoms with E-state index in [2.05, 4.69) is 26.1 Å². The van der Waals surface area contributed by atoms with Crippen LogP contribution in [-0.2, 0) is 4.83 Å². The third-order valence-electron chi connectivity index (χ3n) is 0.806. The third kappa shape index (κ3) is 1.48. The maximum atomic E-state index is 12.1. The van der Waals surface area contributed by atoms with Gasteiger partial charge >= 0.3 is 4.83 Å². The fraction of sp³-hybridized carbons (Fsp3) is 0.250. The van der Waals surface area contributed by atoms with E-state index in [0.29, 0.717) is 0 Å². The zero-order valence-electron chi connectivity index (χ0n) is 4.24. The minimum atomic E-state index is -2.98. The number of halogens is 3. The quantitative estimate of drug-likeness (QED) is 0.683. The topological polar surface area (TPSA) is 28.7 Å². The molecule has 0 aliphatic carbocycles. The lowest BCUT2D eigenvalue weighted by Gasteiger charge is -2.01. The first kappa shape index (κ1) is 6.67. The molecule has 1 N–H and O–H groups in total. The molecule has 0 spiro atoms. The Balaban J connectivity index is 2.90. The van der Waals surface area contributed by atoms with Gasteiger partial charge in [0.15, 0.2) is 0 Å². The Labute approximate surface area is 58.4 Å². The Hall–Kier alpha value is -0.450. The lowest BCUT2D eigenvalue weighted by Crippen LogP contribution is -2.02. The number of nitrogens with one attached hydrogen (secondary N) is 1. The summed E-state index contributed by atoms with van der Waals surface area (Å²) in [5, 5.41) is 5.48. The van der Waals surface area contributed by atoms with Gasteiger partial charge in [-0.15, -0.1) is 0 Å². The van der Waals surface area contributed by atoms with Crippen LogP contribution in [0.5, 0.6) is 0 Å². The number of hydrogen-bond acceptors (Lipinski definition) is 1. The van der Waals surface area contributed by atoms with Gasteiger partial charge in [0.2, 0.25) is 0 Å². The summed E-state index contributed by atoms with van der Waals surface area (Å²) in [5.41, 5.74) is -0.234. The Bertz CT molecular complexity index is 179. The van der Waals surface area contributed by atoms with E-state index in [1.807, 2.05) is 0 Å². The first-order valence-corrected chi connectivity index (χ1v) is 2.96. The molecule has 0 bridgehead atoms. The Morgan fingerprint density at radius 3 is 2.56 bits per heavy atom. The number of alkyl halides is 3. The van der Waals surface area contributed by atoms with Gasteiger partial charge in [-0.2, -0.15) is 13.9 Å². The molecule has 0 saturated carbocycles. The number of H-pyrrole nitrogens is 1. The van der Waals surface area contributed by atoms with Gasteiger partial charge in [-0.05, 0) is 22.0 Å². The average molecular weight is 197 g/mol. The first-order chi connectivity index (χ1) is 4.11. The fourth-order valence-electron chi connectivity index (χ4n) is 0.414. The number of aromatic amines is 1. The second-order valence-electron chi connectivity index (χ2n) is 1.47. The molecule has 0 unspecified atom stereocenters. The van der Waals surface area contributed by atoms with Crippen LogP contribution in [0.3, 0.4) is 0 Å². The van der Waals surface area contributed by atoms with Crippen molar-refractivity contribution in [2.24, 2.45) is 0 Å². The predicted molar refractivity (Wildman–Crippen MR) is 31.4 cm³/mol. The first-order valence-electron chi connectivity index (χ1n) is 2.17. The third-order valence-corrected chi connectivity index (χ3v) is 1.23. The molecule has 2 nitrogen and oxygen atoms in total. The van der Waals surface area contributed by atoms with Crippen LogP contribution in [0.25, 0.3) is 0 Å². The van der Waals surface area contributed by atoms with Gasteiger partial charge in [0, 0.05) is 6.20 Å². The molecule has 0 amide bonds. The zero-order chi connectivity index (χ0) is 6.91. The summed E-state index contributed by atoms with van der Waals surface area (Å²) >= 11 is 2.16. The minimum Gasteiger partial charge on any atom is -0.275 e. The largest absolute Gasteiger partial charge is 0.342 e. The van der Waals surface area contributed by atoms with E-state index in [1.54, 1.807) is 0 Å². The van der Waals surface area contributed by atoms with Gasteiger partial charge in [0.25, 0.3) is 0 Å². The second-order valence-corrected chi connectivity index (χ2v) is 2.46. The van der Waals surface area contributed by atoms with Crippen LogP contribution in [0.15, 0.2) is 12.3 Å². The second kappa shape index (κ2) is 2.06. The van der Waals surface area contributed by atoms with Crippen LogP contribution in [0.1, 0.15) is 5.69 Å². The van der Waals surface area contributed by atoms with E-state index in [0.717, 1.165) is 0 Å². The molecule has 9 heavy (non-hydrogen) atoms. The highest BCUT2D eigenvalue weighted by molar-refractivity contribution is 9.09. The van der Waals surface area contributed by atoms with Gasteiger partial charge in [0.05, 0.1) is 0 Å². The maximum Gasteiger partial charge on any atom is 0.342 e. The van der Waals surface area contributed by atoms with Gasteiger partial charge in [-0.25, -0.2) is 0 Å². The summed E-state index contributed by atoms with van der Waals surface area (Å²) in [4.78, 5) is -2.98. The number of aromatic nitrogens is 2. The molecule has 5 heteroatoms. The highest BCUT2D eigenvalue weighted by atomic mass is 79.9. The number of nitrogens with zero attached hydrogens (tertiary/aromatic N) is 1. The van der Waals surface area contributed by atoms with Crippen molar-refractivity contribution in [1.82, 2.24) is 10.2 Å². The molecule has 0 aromatic carbocycles. The molecule has 0 atom stereocenters. The monoisotopic (exact) mass is 196 g/mol. The van der Waals surface area contributed by atoms with Crippen LogP contribution in [0.2, 0.25) is 0 Å². The lowest BCUT2D eigenvalue weighted by molar-refractivity contribution is 0.109. The van der Waals surface area contributed by atoms with Crippen molar-refractivity contribution in [2.75, 3.05) is 0 Å². The summed E-state index contributed by atoms with van der Waals surface area (Å²) in [5.74, 6) is 0. The van der Waals surface area contributed by atoms with E-state index < -0.39 is 4.83 Å². The summed E-state index contributed by atoms with van der Waals surface area (Å²) in [6.07, 6.45) is 1.27. The van der Waals surface area contributed by atoms with Crippen LogP contribution in [0, 0.1) is 0 Å². The molecule has 1 heterocycles. The van der Waals surface area contributed by atoms with Crippen molar-refractivity contribution in [1.29, 1.82) is 0 Å². The van der Waals surface area contributed by atoms with Gasteiger partial charge in [-0.3, -0.25) is 5.10 Å². The number of hydrogen-bond donors (Lipinski definition) is 1. The minimum absolute atomic E-state index is 0.234. The summed E-state index contributed by atoms with van der Waals surface area (Å²) in [6, 6.07) is 1.20. The predicted octanol–water partition coefficient (Wildman–Crippen LogP) is 1.85. The molecule has 0 aliphatic rings. The van der Waals surface area contributed by atoms with Crippen LogP contribution in [0.4, 0.5) is 8.78 Å². The molecular formula is C4H3BrF2N2. The van der Waals surface area contributed by atoms with Crippen molar-refractivity contribution in [2.45, 2.75) is 4.83 Å². The SMILES string of the molecule is FC(F)(Br)c1ccn[nH]1. The molecule has 0 fully saturated rings. The smallest absolute Gasteiger partial charge is 0.275 e. The summed E-state index contributed by atoms with van der Waals surface area (Å²) < 4.78 is 24.3. The fourth-order valence-corrected chi connectivity index (χ4v) is 0.635. The molecule has 1 aromatic heterocycles. The normalized spacial score (nSPS) is 11.9. The van der Waals surface area contributed by atoms with Crippen molar-refractivity contribution >= 4 is 15.9 Å². The Kier molecular flexibility index (Phi) is 1.52. The van der Waals surface area contributed by atoms with Crippen molar-refractivity contribution in [3.05, 3.63) is 18.0 Å². The van der Waals surface area contributed by atoms with E-state index in [9.17, 15) is 8.78 Å². The van der Waals surface area contributed by atoms with Crippen LogP contribution < -0.4 is 0 Å². The Morgan fingerprint density at radius 1 is 1.67 bits per heavy atom. The molecule has 0 aliphatic heterocycles.